The van der Waals surface area contributed by atoms with E-state index in [0.717, 1.165) is 31.0 Å². The van der Waals surface area contributed by atoms with Gasteiger partial charge in [-0.05, 0) is 49.6 Å². The van der Waals surface area contributed by atoms with Crippen LogP contribution < -0.4 is 4.90 Å². The zero-order chi connectivity index (χ0) is 20.4. The molecule has 0 radical (unpaired) electrons. The molecule has 0 saturated carbocycles. The first kappa shape index (κ1) is 19.2. The third kappa shape index (κ3) is 3.62. The predicted molar refractivity (Wildman–Crippen MR) is 115 cm³/mol. The lowest BCUT2D eigenvalue weighted by Gasteiger charge is -2.37. The smallest absolute Gasteiger partial charge is 0.257 e. The van der Waals surface area contributed by atoms with E-state index < -0.39 is 0 Å². The molecule has 1 aliphatic heterocycles. The number of aryl methyl sites for hydroxylation is 1. The van der Waals surface area contributed by atoms with E-state index in [1.807, 2.05) is 30.0 Å². The Kier molecular flexibility index (Phi) is 5.34. The van der Waals surface area contributed by atoms with Gasteiger partial charge in [-0.1, -0.05) is 25.1 Å². The predicted octanol–water partition coefficient (Wildman–Crippen LogP) is 3.41. The van der Waals surface area contributed by atoms with E-state index in [2.05, 4.69) is 47.0 Å². The topological polar surface area (TPSA) is 54.3 Å². The lowest BCUT2D eigenvalue weighted by molar-refractivity contribution is 0.0745. The first-order valence-electron chi connectivity index (χ1n) is 10.2. The number of hydrogen-bond donors (Lipinski definition) is 0. The zero-order valence-corrected chi connectivity index (χ0v) is 17.3. The molecule has 6 heteroatoms. The summed E-state index contributed by atoms with van der Waals surface area (Å²) in [6.07, 6.45) is 4.15. The Morgan fingerprint density at radius 1 is 1.03 bits per heavy atom. The fourth-order valence-corrected chi connectivity index (χ4v) is 3.97. The average molecular weight is 390 g/mol. The Hall–Kier alpha value is -3.15. The lowest BCUT2D eigenvalue weighted by Crippen LogP contribution is -2.49. The number of benzene rings is 1. The highest BCUT2D eigenvalue weighted by Crippen LogP contribution is 2.24. The van der Waals surface area contributed by atoms with Crippen LogP contribution in [0.1, 0.15) is 34.1 Å². The fourth-order valence-electron chi connectivity index (χ4n) is 3.97. The van der Waals surface area contributed by atoms with Crippen LogP contribution >= 0.6 is 0 Å². The van der Waals surface area contributed by atoms with Crippen LogP contribution in [0.25, 0.3) is 5.82 Å². The van der Waals surface area contributed by atoms with Crippen molar-refractivity contribution in [1.29, 1.82) is 0 Å². The highest BCUT2D eigenvalue weighted by Gasteiger charge is 2.26. The molecule has 0 N–H and O–H groups in total. The summed E-state index contributed by atoms with van der Waals surface area (Å²) in [5.74, 6) is 0.799. The van der Waals surface area contributed by atoms with Crippen molar-refractivity contribution in [2.45, 2.75) is 27.2 Å². The SMILES string of the molecule is CCc1c(C(=O)N2CCN(c3cccc(C)c3C)CC2)cnn1-c1ccccn1. The van der Waals surface area contributed by atoms with Gasteiger partial charge in [0.25, 0.3) is 5.91 Å². The van der Waals surface area contributed by atoms with Crippen LogP contribution in [0.3, 0.4) is 0 Å². The number of piperazine rings is 1. The number of anilines is 1. The Bertz CT molecular complexity index is 1000. The minimum atomic E-state index is 0.0599. The number of nitrogens with zero attached hydrogens (tertiary/aromatic N) is 5. The molecule has 3 aromatic rings. The van der Waals surface area contributed by atoms with E-state index >= 15 is 0 Å². The third-order valence-electron chi connectivity index (χ3n) is 5.78. The molecule has 2 aromatic heterocycles. The van der Waals surface area contributed by atoms with Crippen LogP contribution in [0.2, 0.25) is 0 Å². The Morgan fingerprint density at radius 2 is 1.83 bits per heavy atom. The van der Waals surface area contributed by atoms with Gasteiger partial charge in [-0.15, -0.1) is 0 Å². The van der Waals surface area contributed by atoms with E-state index in [1.54, 1.807) is 17.1 Å². The van der Waals surface area contributed by atoms with Crippen molar-refractivity contribution in [3.05, 3.63) is 71.2 Å². The van der Waals surface area contributed by atoms with Gasteiger partial charge in [-0.3, -0.25) is 4.79 Å². The van der Waals surface area contributed by atoms with E-state index in [9.17, 15) is 4.79 Å². The van der Waals surface area contributed by atoms with Crippen molar-refractivity contribution in [2.75, 3.05) is 31.1 Å². The standard InChI is InChI=1S/C23H27N5O/c1-4-20-19(16-25-28(20)22-10-5-6-11-24-22)23(29)27-14-12-26(13-15-27)21-9-7-8-17(2)18(21)3/h5-11,16H,4,12-15H2,1-3H3. The molecule has 0 atom stereocenters. The number of rotatable bonds is 4. The van der Waals surface area contributed by atoms with Crippen molar-refractivity contribution in [1.82, 2.24) is 19.7 Å². The van der Waals surface area contributed by atoms with Gasteiger partial charge in [0.15, 0.2) is 5.82 Å². The monoisotopic (exact) mass is 389 g/mol. The number of pyridine rings is 1. The maximum Gasteiger partial charge on any atom is 0.257 e. The first-order valence-corrected chi connectivity index (χ1v) is 10.2. The van der Waals surface area contributed by atoms with Crippen LogP contribution in [0.5, 0.6) is 0 Å². The van der Waals surface area contributed by atoms with Gasteiger partial charge in [0.1, 0.15) is 0 Å². The van der Waals surface area contributed by atoms with Crippen LogP contribution in [-0.4, -0.2) is 51.8 Å². The molecule has 0 aliphatic carbocycles. The minimum Gasteiger partial charge on any atom is -0.368 e. The summed E-state index contributed by atoms with van der Waals surface area (Å²) in [6, 6.07) is 12.1. The summed E-state index contributed by atoms with van der Waals surface area (Å²) in [5, 5.41) is 4.45. The molecule has 0 spiro atoms. The molecule has 1 fully saturated rings. The molecule has 3 heterocycles. The summed E-state index contributed by atoms with van der Waals surface area (Å²) in [5.41, 5.74) is 5.48. The van der Waals surface area contributed by atoms with E-state index in [0.29, 0.717) is 18.7 Å². The second-order valence-electron chi connectivity index (χ2n) is 7.46. The van der Waals surface area contributed by atoms with Crippen molar-refractivity contribution >= 4 is 11.6 Å². The van der Waals surface area contributed by atoms with Gasteiger partial charge in [0.05, 0.1) is 17.5 Å². The lowest BCUT2D eigenvalue weighted by atomic mass is 10.1. The van der Waals surface area contributed by atoms with Crippen LogP contribution in [-0.2, 0) is 6.42 Å². The molecule has 0 bridgehead atoms. The first-order chi connectivity index (χ1) is 14.1. The molecule has 1 aromatic carbocycles. The molecular formula is C23H27N5O. The number of carbonyl (C=O) groups is 1. The molecule has 1 aliphatic rings. The van der Waals surface area contributed by atoms with Crippen molar-refractivity contribution in [3.63, 3.8) is 0 Å². The largest absolute Gasteiger partial charge is 0.368 e. The van der Waals surface area contributed by atoms with Crippen molar-refractivity contribution in [2.24, 2.45) is 0 Å². The van der Waals surface area contributed by atoms with Gasteiger partial charge >= 0.3 is 0 Å². The number of amides is 1. The zero-order valence-electron chi connectivity index (χ0n) is 17.3. The number of hydrogen-bond acceptors (Lipinski definition) is 4. The Morgan fingerprint density at radius 3 is 2.52 bits per heavy atom. The molecule has 6 nitrogen and oxygen atoms in total. The minimum absolute atomic E-state index is 0.0599. The van der Waals surface area contributed by atoms with Gasteiger partial charge in [0, 0.05) is 38.1 Å². The normalized spacial score (nSPS) is 14.3. The highest BCUT2D eigenvalue weighted by atomic mass is 16.2. The Balaban J connectivity index is 1.50. The van der Waals surface area contributed by atoms with Gasteiger partial charge in [-0.2, -0.15) is 5.10 Å². The summed E-state index contributed by atoms with van der Waals surface area (Å²) >= 11 is 0. The van der Waals surface area contributed by atoms with Crippen LogP contribution in [0.4, 0.5) is 5.69 Å². The van der Waals surface area contributed by atoms with E-state index in [1.165, 1.54) is 16.8 Å². The second-order valence-corrected chi connectivity index (χ2v) is 7.46. The molecule has 0 unspecified atom stereocenters. The quantitative estimate of drug-likeness (QED) is 0.686. The maximum atomic E-state index is 13.2. The van der Waals surface area contributed by atoms with E-state index in [4.69, 9.17) is 0 Å². The Labute approximate surface area is 171 Å². The van der Waals surface area contributed by atoms with E-state index in [-0.39, 0.29) is 5.91 Å². The summed E-state index contributed by atoms with van der Waals surface area (Å²) < 4.78 is 1.78. The maximum absolute atomic E-state index is 13.2. The molecule has 4 rings (SSSR count). The van der Waals surface area contributed by atoms with Gasteiger partial charge in [-0.25, -0.2) is 9.67 Å². The summed E-state index contributed by atoms with van der Waals surface area (Å²) in [6.45, 7) is 9.46. The van der Waals surface area contributed by atoms with Crippen LogP contribution in [0, 0.1) is 13.8 Å². The van der Waals surface area contributed by atoms with Gasteiger partial charge < -0.3 is 9.80 Å². The molecule has 150 valence electrons. The molecule has 29 heavy (non-hydrogen) atoms. The fraction of sp³-hybridized carbons (Fsp3) is 0.348. The highest BCUT2D eigenvalue weighted by molar-refractivity contribution is 5.95. The van der Waals surface area contributed by atoms with Crippen molar-refractivity contribution in [3.8, 4) is 5.82 Å². The third-order valence-corrected chi connectivity index (χ3v) is 5.78. The molecular weight excluding hydrogens is 362 g/mol. The number of carbonyl (C=O) groups excluding carboxylic acids is 1. The summed E-state index contributed by atoms with van der Waals surface area (Å²) in [4.78, 5) is 21.9. The second kappa shape index (κ2) is 8.07. The summed E-state index contributed by atoms with van der Waals surface area (Å²) in [7, 11) is 0. The van der Waals surface area contributed by atoms with Crippen LogP contribution in [0.15, 0.2) is 48.8 Å². The van der Waals surface area contributed by atoms with Gasteiger partial charge in [0.2, 0.25) is 0 Å². The average Bonchev–Trinajstić information content (AvgIpc) is 3.20. The van der Waals surface area contributed by atoms with Crippen molar-refractivity contribution < 1.29 is 4.79 Å². The molecule has 1 amide bonds. The number of aromatic nitrogens is 3. The molecule has 1 saturated heterocycles.